The highest BCUT2D eigenvalue weighted by atomic mass is 16.5. The molecule has 1 aliphatic heterocycles. The molecular formula is C21H33N3O3. The number of methoxy groups -OCH3 is 1. The second-order valence-electron chi connectivity index (χ2n) is 7.65. The summed E-state index contributed by atoms with van der Waals surface area (Å²) in [6, 6.07) is 7.68. The molecule has 3 rings (SSSR count). The molecule has 1 aromatic carbocycles. The first-order chi connectivity index (χ1) is 13.2. The zero-order valence-electron chi connectivity index (χ0n) is 16.4. The number of nitrogens with zero attached hydrogens (tertiary/aromatic N) is 2. The minimum atomic E-state index is 0.218. The Morgan fingerprint density at radius 1 is 1.11 bits per heavy atom. The number of ether oxygens (including phenoxy) is 2. The maximum absolute atomic E-state index is 12.8. The Morgan fingerprint density at radius 3 is 2.48 bits per heavy atom. The number of hydrogen-bond donors (Lipinski definition) is 1. The molecule has 0 radical (unpaired) electrons. The van der Waals surface area contributed by atoms with E-state index in [1.807, 2.05) is 24.3 Å². The van der Waals surface area contributed by atoms with Crippen molar-refractivity contribution in [3.63, 3.8) is 0 Å². The number of amides is 1. The van der Waals surface area contributed by atoms with Gasteiger partial charge in [0.1, 0.15) is 18.1 Å². The third-order valence-electron chi connectivity index (χ3n) is 5.93. The van der Waals surface area contributed by atoms with Crippen molar-refractivity contribution in [2.75, 3.05) is 53.0 Å². The summed E-state index contributed by atoms with van der Waals surface area (Å²) in [6.07, 6.45) is 4.23. The van der Waals surface area contributed by atoms with Crippen molar-refractivity contribution in [2.24, 2.45) is 17.6 Å². The molecular weight excluding hydrogens is 342 g/mol. The minimum absolute atomic E-state index is 0.218. The smallest absolute Gasteiger partial charge is 0.225 e. The fraction of sp³-hybridized carbons (Fsp3) is 0.667. The first-order valence-corrected chi connectivity index (χ1v) is 10.2. The Balaban J connectivity index is 1.35. The van der Waals surface area contributed by atoms with Gasteiger partial charge in [-0.1, -0.05) is 6.07 Å². The van der Waals surface area contributed by atoms with Gasteiger partial charge in [0, 0.05) is 44.7 Å². The van der Waals surface area contributed by atoms with Gasteiger partial charge in [-0.2, -0.15) is 0 Å². The van der Waals surface area contributed by atoms with Crippen molar-refractivity contribution < 1.29 is 14.3 Å². The topological polar surface area (TPSA) is 68.0 Å². The number of piperazine rings is 1. The van der Waals surface area contributed by atoms with E-state index >= 15 is 0 Å². The lowest BCUT2D eigenvalue weighted by Crippen LogP contribution is -2.51. The minimum Gasteiger partial charge on any atom is -0.497 e. The fourth-order valence-electron chi connectivity index (χ4n) is 4.08. The summed E-state index contributed by atoms with van der Waals surface area (Å²) in [5, 5.41) is 0. The molecule has 150 valence electrons. The maximum Gasteiger partial charge on any atom is 0.225 e. The molecule has 0 atom stereocenters. The Hall–Kier alpha value is -1.79. The van der Waals surface area contributed by atoms with Crippen LogP contribution < -0.4 is 15.2 Å². The number of hydrogen-bond acceptors (Lipinski definition) is 5. The van der Waals surface area contributed by atoms with Crippen LogP contribution in [-0.4, -0.2) is 68.7 Å². The number of benzene rings is 1. The van der Waals surface area contributed by atoms with Gasteiger partial charge in [-0.05, 0) is 50.3 Å². The summed E-state index contributed by atoms with van der Waals surface area (Å²) in [6.45, 7) is 5.78. The number of carbonyl (C=O) groups excluding carboxylic acids is 1. The van der Waals surface area contributed by atoms with Gasteiger partial charge in [0.2, 0.25) is 5.91 Å². The van der Waals surface area contributed by atoms with Gasteiger partial charge in [-0.15, -0.1) is 0 Å². The second kappa shape index (κ2) is 9.95. The lowest BCUT2D eigenvalue weighted by Gasteiger charge is -2.37. The molecule has 1 aliphatic carbocycles. The van der Waals surface area contributed by atoms with Crippen LogP contribution in [0.15, 0.2) is 24.3 Å². The Bertz CT molecular complexity index is 594. The highest BCUT2D eigenvalue weighted by Crippen LogP contribution is 2.29. The zero-order valence-corrected chi connectivity index (χ0v) is 16.4. The lowest BCUT2D eigenvalue weighted by atomic mass is 9.81. The summed E-state index contributed by atoms with van der Waals surface area (Å²) in [7, 11) is 1.66. The zero-order chi connectivity index (χ0) is 19.1. The van der Waals surface area contributed by atoms with E-state index in [0.29, 0.717) is 18.4 Å². The molecule has 27 heavy (non-hydrogen) atoms. The van der Waals surface area contributed by atoms with Crippen LogP contribution in [0, 0.1) is 11.8 Å². The average molecular weight is 376 g/mol. The second-order valence-corrected chi connectivity index (χ2v) is 7.65. The van der Waals surface area contributed by atoms with Crippen LogP contribution in [0.2, 0.25) is 0 Å². The Morgan fingerprint density at radius 2 is 1.81 bits per heavy atom. The van der Waals surface area contributed by atoms with Gasteiger partial charge in [-0.25, -0.2) is 0 Å². The van der Waals surface area contributed by atoms with Gasteiger partial charge < -0.3 is 20.1 Å². The largest absolute Gasteiger partial charge is 0.497 e. The van der Waals surface area contributed by atoms with E-state index in [1.165, 1.54) is 0 Å². The van der Waals surface area contributed by atoms with E-state index in [1.54, 1.807) is 7.11 Å². The summed E-state index contributed by atoms with van der Waals surface area (Å²) in [5.41, 5.74) is 5.76. The van der Waals surface area contributed by atoms with E-state index < -0.39 is 0 Å². The first kappa shape index (κ1) is 20.0. The lowest BCUT2D eigenvalue weighted by molar-refractivity contribution is -0.138. The summed E-state index contributed by atoms with van der Waals surface area (Å²) in [4.78, 5) is 17.2. The summed E-state index contributed by atoms with van der Waals surface area (Å²) < 4.78 is 11.0. The van der Waals surface area contributed by atoms with Crippen molar-refractivity contribution >= 4 is 5.91 Å². The highest BCUT2D eigenvalue weighted by molar-refractivity contribution is 5.79. The molecule has 0 spiro atoms. The van der Waals surface area contributed by atoms with Gasteiger partial charge >= 0.3 is 0 Å². The van der Waals surface area contributed by atoms with E-state index in [-0.39, 0.29) is 5.92 Å². The van der Waals surface area contributed by atoms with Gasteiger partial charge in [0.25, 0.3) is 0 Å². The van der Waals surface area contributed by atoms with Crippen molar-refractivity contribution in [1.82, 2.24) is 9.80 Å². The third kappa shape index (κ3) is 5.59. The standard InChI is InChI=1S/C21H33N3O3/c1-26-19-3-2-4-20(15-19)27-14-13-23-9-11-24(12-10-23)21(25)18-7-5-17(16-22)6-8-18/h2-4,15,17-18H,5-14,16,22H2,1H3. The van der Waals surface area contributed by atoms with Crippen molar-refractivity contribution in [2.45, 2.75) is 25.7 Å². The highest BCUT2D eigenvalue weighted by Gasteiger charge is 2.30. The van der Waals surface area contributed by atoms with Crippen molar-refractivity contribution in [1.29, 1.82) is 0 Å². The number of rotatable bonds is 7. The number of carbonyl (C=O) groups is 1. The molecule has 6 nitrogen and oxygen atoms in total. The fourth-order valence-corrected chi connectivity index (χ4v) is 4.08. The molecule has 0 unspecified atom stereocenters. The molecule has 2 N–H and O–H groups in total. The predicted octanol–water partition coefficient (Wildman–Crippen LogP) is 1.98. The van der Waals surface area contributed by atoms with Crippen LogP contribution in [0.3, 0.4) is 0 Å². The molecule has 1 heterocycles. The van der Waals surface area contributed by atoms with Gasteiger partial charge in [-0.3, -0.25) is 9.69 Å². The van der Waals surface area contributed by atoms with E-state index in [4.69, 9.17) is 15.2 Å². The summed E-state index contributed by atoms with van der Waals surface area (Å²) >= 11 is 0. The quantitative estimate of drug-likeness (QED) is 0.789. The van der Waals surface area contributed by atoms with E-state index in [9.17, 15) is 4.79 Å². The van der Waals surface area contributed by atoms with Crippen LogP contribution in [-0.2, 0) is 4.79 Å². The maximum atomic E-state index is 12.8. The molecule has 6 heteroatoms. The molecule has 2 fully saturated rings. The Kier molecular flexibility index (Phi) is 7.35. The van der Waals surface area contributed by atoms with Crippen LogP contribution >= 0.6 is 0 Å². The predicted molar refractivity (Wildman–Crippen MR) is 106 cm³/mol. The Labute approximate surface area is 162 Å². The van der Waals surface area contributed by atoms with Gasteiger partial charge in [0.05, 0.1) is 7.11 Å². The first-order valence-electron chi connectivity index (χ1n) is 10.2. The average Bonchev–Trinajstić information content (AvgIpc) is 2.74. The SMILES string of the molecule is COc1cccc(OCCN2CCN(C(=O)C3CCC(CN)CC3)CC2)c1. The molecule has 1 saturated heterocycles. The monoisotopic (exact) mass is 375 g/mol. The number of nitrogens with two attached hydrogens (primary N) is 1. The molecule has 1 aromatic rings. The normalized spacial score (nSPS) is 23.9. The molecule has 0 aromatic heterocycles. The van der Waals surface area contributed by atoms with E-state index in [0.717, 1.165) is 76.5 Å². The van der Waals surface area contributed by atoms with Gasteiger partial charge in [0.15, 0.2) is 0 Å². The molecule has 1 amide bonds. The van der Waals surface area contributed by atoms with Crippen LogP contribution in [0.25, 0.3) is 0 Å². The molecule has 0 bridgehead atoms. The van der Waals surface area contributed by atoms with Crippen LogP contribution in [0.5, 0.6) is 11.5 Å². The van der Waals surface area contributed by atoms with E-state index in [2.05, 4.69) is 9.80 Å². The van der Waals surface area contributed by atoms with Crippen molar-refractivity contribution in [3.8, 4) is 11.5 Å². The molecule has 1 saturated carbocycles. The molecule has 2 aliphatic rings. The van der Waals surface area contributed by atoms with Crippen LogP contribution in [0.4, 0.5) is 0 Å². The summed E-state index contributed by atoms with van der Waals surface area (Å²) in [5.74, 6) is 2.83. The van der Waals surface area contributed by atoms with Crippen molar-refractivity contribution in [3.05, 3.63) is 24.3 Å². The third-order valence-corrected chi connectivity index (χ3v) is 5.93. The van der Waals surface area contributed by atoms with Crippen LogP contribution in [0.1, 0.15) is 25.7 Å².